The number of hydrogen-bond acceptors (Lipinski definition) is 7. The fraction of sp³-hybridized carbons (Fsp3) is 0.0667. The fourth-order valence-electron chi connectivity index (χ4n) is 2.04. The molecule has 0 fully saturated rings. The maximum atomic E-state index is 12.2. The molecule has 3 rings (SSSR count). The first-order valence-electron chi connectivity index (χ1n) is 6.99. The minimum absolute atomic E-state index is 0.0727. The van der Waals surface area contributed by atoms with Gasteiger partial charge in [0.2, 0.25) is 11.7 Å². The molecule has 1 aromatic carbocycles. The Morgan fingerprint density at radius 2 is 2.04 bits per heavy atom. The van der Waals surface area contributed by atoms with Gasteiger partial charge in [0.05, 0.1) is 11.5 Å². The Hall–Kier alpha value is -3.33. The summed E-state index contributed by atoms with van der Waals surface area (Å²) in [6.07, 6.45) is 3.18. The second-order valence-corrected chi connectivity index (χ2v) is 5.29. The van der Waals surface area contributed by atoms with Gasteiger partial charge >= 0.3 is 0 Å². The normalized spacial score (nSPS) is 10.4. The zero-order valence-corrected chi connectivity index (χ0v) is 13.3. The van der Waals surface area contributed by atoms with E-state index in [4.69, 9.17) is 16.1 Å². The summed E-state index contributed by atoms with van der Waals surface area (Å²) in [4.78, 5) is 30.6. The summed E-state index contributed by atoms with van der Waals surface area (Å²) in [7, 11) is 0. The molecule has 0 spiro atoms. The molecule has 0 saturated carbocycles. The number of nitro benzene ring substituents is 1. The van der Waals surface area contributed by atoms with Crippen molar-refractivity contribution in [2.75, 3.05) is 0 Å². The molecule has 0 unspecified atom stereocenters. The number of benzene rings is 1. The predicted molar refractivity (Wildman–Crippen MR) is 86.8 cm³/mol. The first-order chi connectivity index (χ1) is 12.0. The van der Waals surface area contributed by atoms with Crippen molar-refractivity contribution in [2.24, 2.45) is 0 Å². The van der Waals surface area contributed by atoms with E-state index in [1.807, 2.05) is 0 Å². The van der Waals surface area contributed by atoms with Crippen molar-refractivity contribution in [1.29, 1.82) is 0 Å². The highest BCUT2D eigenvalue weighted by molar-refractivity contribution is 6.31. The minimum atomic E-state index is -0.672. The van der Waals surface area contributed by atoms with Gasteiger partial charge in [-0.05, 0) is 24.3 Å². The maximum absolute atomic E-state index is 12.2. The van der Waals surface area contributed by atoms with Crippen LogP contribution in [0, 0.1) is 10.1 Å². The monoisotopic (exact) mass is 359 g/mol. The van der Waals surface area contributed by atoms with Gasteiger partial charge < -0.3 is 9.84 Å². The van der Waals surface area contributed by atoms with Crippen LogP contribution in [0.4, 0.5) is 5.69 Å². The van der Waals surface area contributed by atoms with E-state index in [1.54, 1.807) is 24.5 Å². The van der Waals surface area contributed by atoms with Gasteiger partial charge in [0.15, 0.2) is 0 Å². The molecule has 0 bridgehead atoms. The molecule has 25 heavy (non-hydrogen) atoms. The summed E-state index contributed by atoms with van der Waals surface area (Å²) in [5.41, 5.74) is 0.223. The third kappa shape index (κ3) is 3.78. The average Bonchev–Trinajstić information content (AvgIpc) is 3.09. The number of amides is 1. The standard InChI is InChI=1S/C15H10ClN5O4/c16-10-1-2-11(12(7-10)21(23)24)15(22)18-8-13-19-14(20-25-13)9-3-5-17-6-4-9/h1-7H,8H2,(H,18,22). The number of halogens is 1. The Morgan fingerprint density at radius 3 is 2.76 bits per heavy atom. The second-order valence-electron chi connectivity index (χ2n) is 4.85. The predicted octanol–water partition coefficient (Wildman–Crippen LogP) is 2.62. The average molecular weight is 360 g/mol. The molecule has 0 atom stereocenters. The highest BCUT2D eigenvalue weighted by atomic mass is 35.5. The summed E-state index contributed by atoms with van der Waals surface area (Å²) >= 11 is 5.73. The molecule has 0 aliphatic heterocycles. The van der Waals surface area contributed by atoms with E-state index in [0.29, 0.717) is 11.4 Å². The van der Waals surface area contributed by atoms with Crippen molar-refractivity contribution >= 4 is 23.2 Å². The van der Waals surface area contributed by atoms with Gasteiger partial charge in [0, 0.05) is 29.0 Å². The van der Waals surface area contributed by atoms with Gasteiger partial charge in [-0.15, -0.1) is 0 Å². The molecule has 1 amide bonds. The number of nitrogens with one attached hydrogen (secondary N) is 1. The molecule has 126 valence electrons. The lowest BCUT2D eigenvalue weighted by Gasteiger charge is -2.03. The lowest BCUT2D eigenvalue weighted by atomic mass is 10.1. The van der Waals surface area contributed by atoms with Crippen molar-refractivity contribution in [3.8, 4) is 11.4 Å². The van der Waals surface area contributed by atoms with Crippen molar-refractivity contribution in [3.63, 3.8) is 0 Å². The van der Waals surface area contributed by atoms with Crippen molar-refractivity contribution in [1.82, 2.24) is 20.4 Å². The molecule has 10 heteroatoms. The number of aromatic nitrogens is 3. The van der Waals surface area contributed by atoms with E-state index in [0.717, 1.165) is 6.07 Å². The van der Waals surface area contributed by atoms with E-state index < -0.39 is 10.8 Å². The Kier molecular flexibility index (Phi) is 4.66. The quantitative estimate of drug-likeness (QED) is 0.548. The molecule has 1 N–H and O–H groups in total. The van der Waals surface area contributed by atoms with Crippen LogP contribution in [-0.4, -0.2) is 26.0 Å². The first-order valence-corrected chi connectivity index (χ1v) is 7.37. The van der Waals surface area contributed by atoms with Gasteiger partial charge in [-0.25, -0.2) is 0 Å². The molecule has 2 aromatic heterocycles. The molecule has 0 aliphatic rings. The Balaban J connectivity index is 1.71. The number of hydrogen-bond donors (Lipinski definition) is 1. The molecule has 2 heterocycles. The van der Waals surface area contributed by atoms with Crippen LogP contribution in [0.3, 0.4) is 0 Å². The smallest absolute Gasteiger partial charge is 0.283 e. The molecule has 0 radical (unpaired) electrons. The van der Waals surface area contributed by atoms with Crippen molar-refractivity contribution < 1.29 is 14.2 Å². The van der Waals surface area contributed by atoms with Gasteiger partial charge in [0.25, 0.3) is 11.6 Å². The molecule has 3 aromatic rings. The SMILES string of the molecule is O=C(NCc1nc(-c2ccncc2)no1)c1ccc(Cl)cc1[N+](=O)[O-]. The Labute approximate surface area is 145 Å². The van der Waals surface area contributed by atoms with Gasteiger partial charge in [-0.1, -0.05) is 16.8 Å². The fourth-order valence-corrected chi connectivity index (χ4v) is 2.21. The van der Waals surface area contributed by atoms with Crippen LogP contribution in [-0.2, 0) is 6.54 Å². The van der Waals surface area contributed by atoms with Crippen LogP contribution in [0.2, 0.25) is 5.02 Å². The number of carbonyl (C=O) groups excluding carboxylic acids is 1. The summed E-state index contributed by atoms with van der Waals surface area (Å²) < 4.78 is 5.05. The van der Waals surface area contributed by atoms with Crippen molar-refractivity contribution in [2.45, 2.75) is 6.54 Å². The number of carbonyl (C=O) groups is 1. The highest BCUT2D eigenvalue weighted by Gasteiger charge is 2.21. The number of rotatable bonds is 5. The number of nitro groups is 1. The summed E-state index contributed by atoms with van der Waals surface area (Å²) in [6, 6.07) is 7.23. The van der Waals surface area contributed by atoms with E-state index in [2.05, 4.69) is 20.4 Å². The molecule has 0 saturated heterocycles. The third-order valence-corrected chi connectivity index (χ3v) is 3.44. The Morgan fingerprint density at radius 1 is 1.28 bits per heavy atom. The summed E-state index contributed by atoms with van der Waals surface area (Å²) in [6.45, 7) is -0.0727. The third-order valence-electron chi connectivity index (χ3n) is 3.21. The lowest BCUT2D eigenvalue weighted by Crippen LogP contribution is -2.23. The van der Waals surface area contributed by atoms with Crippen LogP contribution in [0.1, 0.15) is 16.2 Å². The van der Waals surface area contributed by atoms with Crippen LogP contribution < -0.4 is 5.32 Å². The topological polar surface area (TPSA) is 124 Å². The highest BCUT2D eigenvalue weighted by Crippen LogP contribution is 2.23. The molecule has 9 nitrogen and oxygen atoms in total. The van der Waals surface area contributed by atoms with E-state index in [-0.39, 0.29) is 28.7 Å². The lowest BCUT2D eigenvalue weighted by molar-refractivity contribution is -0.385. The number of nitrogens with zero attached hydrogens (tertiary/aromatic N) is 4. The van der Waals surface area contributed by atoms with Crippen LogP contribution in [0.5, 0.6) is 0 Å². The minimum Gasteiger partial charge on any atom is -0.343 e. The van der Waals surface area contributed by atoms with E-state index in [9.17, 15) is 14.9 Å². The molecular weight excluding hydrogens is 350 g/mol. The van der Waals surface area contributed by atoms with E-state index >= 15 is 0 Å². The van der Waals surface area contributed by atoms with Crippen LogP contribution in [0.25, 0.3) is 11.4 Å². The summed E-state index contributed by atoms with van der Waals surface area (Å²) in [5.74, 6) is -0.132. The molecular formula is C15H10ClN5O4. The van der Waals surface area contributed by atoms with Crippen LogP contribution >= 0.6 is 11.6 Å². The zero-order valence-electron chi connectivity index (χ0n) is 12.5. The largest absolute Gasteiger partial charge is 0.343 e. The zero-order chi connectivity index (χ0) is 17.8. The van der Waals surface area contributed by atoms with Gasteiger partial charge in [-0.3, -0.25) is 19.9 Å². The maximum Gasteiger partial charge on any atom is 0.283 e. The first kappa shape index (κ1) is 16.5. The van der Waals surface area contributed by atoms with Gasteiger partial charge in [-0.2, -0.15) is 4.98 Å². The second kappa shape index (κ2) is 7.05. The molecule has 0 aliphatic carbocycles. The van der Waals surface area contributed by atoms with Crippen LogP contribution in [0.15, 0.2) is 47.2 Å². The summed E-state index contributed by atoms with van der Waals surface area (Å²) in [5, 5.41) is 17.5. The number of pyridine rings is 1. The Bertz CT molecular complexity index is 929. The van der Waals surface area contributed by atoms with E-state index in [1.165, 1.54) is 12.1 Å². The van der Waals surface area contributed by atoms with Gasteiger partial charge in [0.1, 0.15) is 5.56 Å². The van der Waals surface area contributed by atoms with Crippen molar-refractivity contribution in [3.05, 3.63) is 69.3 Å².